The first-order valence-electron chi connectivity index (χ1n) is 9.81. The van der Waals surface area contributed by atoms with Gasteiger partial charge in [-0.3, -0.25) is 19.9 Å². The Balaban J connectivity index is 1.54. The molecule has 1 amide bonds. The van der Waals surface area contributed by atoms with E-state index in [1.54, 1.807) is 18.0 Å². The lowest BCUT2D eigenvalue weighted by Crippen LogP contribution is -2.51. The van der Waals surface area contributed by atoms with E-state index in [9.17, 15) is 14.0 Å². The van der Waals surface area contributed by atoms with Gasteiger partial charge in [-0.2, -0.15) is 0 Å². The van der Waals surface area contributed by atoms with Gasteiger partial charge in [-0.05, 0) is 35.9 Å². The van der Waals surface area contributed by atoms with Crippen molar-refractivity contribution in [3.8, 4) is 0 Å². The minimum atomic E-state index is -0.371. The Morgan fingerprint density at radius 3 is 2.23 bits per heavy atom. The molecule has 7 heteroatoms. The molecule has 1 fully saturated rings. The highest BCUT2D eigenvalue weighted by Crippen LogP contribution is 2.12. The monoisotopic (exact) mass is 408 g/mol. The number of piperazine rings is 1. The second-order valence-corrected chi connectivity index (χ2v) is 7.09. The second-order valence-electron chi connectivity index (χ2n) is 7.09. The van der Waals surface area contributed by atoms with Crippen molar-refractivity contribution in [1.29, 1.82) is 5.41 Å². The highest BCUT2D eigenvalue weighted by molar-refractivity contribution is 6.43. The van der Waals surface area contributed by atoms with Crippen molar-refractivity contribution in [1.82, 2.24) is 15.1 Å². The van der Waals surface area contributed by atoms with E-state index in [-0.39, 0.29) is 29.8 Å². The Morgan fingerprint density at radius 1 is 1.00 bits per heavy atom. The van der Waals surface area contributed by atoms with Crippen LogP contribution in [0.25, 0.3) is 5.70 Å². The lowest BCUT2D eigenvalue weighted by molar-refractivity contribution is -0.125. The molecule has 0 aliphatic carbocycles. The van der Waals surface area contributed by atoms with Crippen LogP contribution in [-0.2, 0) is 4.79 Å². The fraction of sp³-hybridized carbons (Fsp3) is 0.261. The highest BCUT2D eigenvalue weighted by Gasteiger charge is 2.24. The number of nitrogens with zero attached hydrogens (tertiary/aromatic N) is 2. The van der Waals surface area contributed by atoms with Crippen molar-refractivity contribution in [2.24, 2.45) is 0 Å². The summed E-state index contributed by atoms with van der Waals surface area (Å²) in [6, 6.07) is 15.1. The summed E-state index contributed by atoms with van der Waals surface area (Å²) in [4.78, 5) is 28.6. The number of halogens is 1. The minimum Gasteiger partial charge on any atom is -0.388 e. The quantitative estimate of drug-likeness (QED) is 0.545. The molecule has 2 N–H and O–H groups in total. The van der Waals surface area contributed by atoms with E-state index >= 15 is 0 Å². The second kappa shape index (κ2) is 9.93. The summed E-state index contributed by atoms with van der Waals surface area (Å²) in [5, 5.41) is 11.2. The molecule has 0 spiro atoms. The fourth-order valence-corrected chi connectivity index (χ4v) is 3.33. The van der Waals surface area contributed by atoms with Crippen LogP contribution >= 0.6 is 0 Å². The van der Waals surface area contributed by atoms with E-state index in [0.29, 0.717) is 37.4 Å². The number of Topliss-reactive ketones (excluding diaryl/α,β-unsaturated/α-hetero) is 1. The summed E-state index contributed by atoms with van der Waals surface area (Å²) in [6.07, 6.45) is 1.54. The maximum Gasteiger partial charge on any atom is 0.271 e. The van der Waals surface area contributed by atoms with Gasteiger partial charge in [0.05, 0.1) is 6.54 Å². The molecule has 1 aliphatic rings. The van der Waals surface area contributed by atoms with Gasteiger partial charge in [0.25, 0.3) is 5.91 Å². The predicted molar refractivity (Wildman–Crippen MR) is 115 cm³/mol. The smallest absolute Gasteiger partial charge is 0.271 e. The number of rotatable bonds is 7. The third-order valence-electron chi connectivity index (χ3n) is 5.07. The third kappa shape index (κ3) is 5.39. The van der Waals surface area contributed by atoms with E-state index in [1.807, 2.05) is 35.2 Å². The van der Waals surface area contributed by atoms with Crippen molar-refractivity contribution in [2.75, 3.05) is 39.8 Å². The molecule has 0 atom stereocenters. The molecule has 2 aromatic rings. The van der Waals surface area contributed by atoms with E-state index in [1.165, 1.54) is 24.3 Å². The molecule has 30 heavy (non-hydrogen) atoms. The number of carbonyl (C=O) groups is 2. The van der Waals surface area contributed by atoms with Crippen molar-refractivity contribution in [3.63, 3.8) is 0 Å². The number of carbonyl (C=O) groups excluding carboxylic acids is 2. The summed E-state index contributed by atoms with van der Waals surface area (Å²) in [6.45, 7) is 2.22. The van der Waals surface area contributed by atoms with Gasteiger partial charge >= 0.3 is 0 Å². The zero-order valence-corrected chi connectivity index (χ0v) is 16.9. The number of benzene rings is 2. The largest absolute Gasteiger partial charge is 0.388 e. The topological polar surface area (TPSA) is 76.5 Å². The number of amides is 1. The van der Waals surface area contributed by atoms with Crippen LogP contribution in [0.4, 0.5) is 4.39 Å². The lowest BCUT2D eigenvalue weighted by Gasteiger charge is -2.34. The summed E-state index contributed by atoms with van der Waals surface area (Å²) in [5.74, 6) is -0.779. The van der Waals surface area contributed by atoms with Gasteiger partial charge in [0.2, 0.25) is 0 Å². The zero-order chi connectivity index (χ0) is 21.5. The lowest BCUT2D eigenvalue weighted by atomic mass is 10.1. The zero-order valence-electron chi connectivity index (χ0n) is 16.9. The molecule has 3 rings (SSSR count). The van der Waals surface area contributed by atoms with Crippen LogP contribution in [0.2, 0.25) is 0 Å². The maximum atomic E-state index is 13.0. The first kappa shape index (κ1) is 21.4. The Bertz CT molecular complexity index is 933. The van der Waals surface area contributed by atoms with Crippen LogP contribution in [0.5, 0.6) is 0 Å². The number of hydrogen-bond donors (Lipinski definition) is 2. The SMILES string of the molecule is CN/C(=C\C(=N)C(=O)N1CCN(CC(=O)c2ccc(F)cc2)CC1)c1ccccc1. The van der Waals surface area contributed by atoms with Crippen LogP contribution < -0.4 is 5.32 Å². The molecular weight excluding hydrogens is 383 g/mol. The third-order valence-corrected chi connectivity index (χ3v) is 5.07. The Morgan fingerprint density at radius 2 is 1.63 bits per heavy atom. The van der Waals surface area contributed by atoms with Crippen molar-refractivity contribution < 1.29 is 14.0 Å². The van der Waals surface area contributed by atoms with Crippen molar-refractivity contribution in [3.05, 3.63) is 77.6 Å². The Labute approximate surface area is 175 Å². The molecule has 156 valence electrons. The van der Waals surface area contributed by atoms with Gasteiger partial charge in [0, 0.05) is 44.5 Å². The molecule has 0 unspecified atom stereocenters. The fourth-order valence-electron chi connectivity index (χ4n) is 3.33. The van der Waals surface area contributed by atoms with E-state index in [2.05, 4.69) is 5.32 Å². The van der Waals surface area contributed by atoms with Gasteiger partial charge in [-0.15, -0.1) is 0 Å². The molecular formula is C23H25FN4O2. The normalized spacial score (nSPS) is 15.0. The minimum absolute atomic E-state index is 0.0769. The number of nitrogens with one attached hydrogen (secondary N) is 2. The van der Waals surface area contributed by atoms with Crippen LogP contribution in [0.3, 0.4) is 0 Å². The predicted octanol–water partition coefficient (Wildman–Crippen LogP) is 2.43. The van der Waals surface area contributed by atoms with Crippen LogP contribution in [-0.4, -0.2) is 67.0 Å². The molecule has 2 aromatic carbocycles. The summed E-state index contributed by atoms with van der Waals surface area (Å²) >= 11 is 0. The van der Waals surface area contributed by atoms with Gasteiger partial charge in [-0.25, -0.2) is 4.39 Å². The highest BCUT2D eigenvalue weighted by atomic mass is 19.1. The van der Waals surface area contributed by atoms with Crippen molar-refractivity contribution >= 4 is 23.1 Å². The molecule has 0 bridgehead atoms. The summed E-state index contributed by atoms with van der Waals surface area (Å²) < 4.78 is 13.0. The number of hydrogen-bond acceptors (Lipinski definition) is 5. The molecule has 1 heterocycles. The molecule has 6 nitrogen and oxygen atoms in total. The average molecular weight is 408 g/mol. The van der Waals surface area contributed by atoms with Crippen LogP contribution in [0.1, 0.15) is 15.9 Å². The Kier molecular flexibility index (Phi) is 7.08. The summed E-state index contributed by atoms with van der Waals surface area (Å²) in [7, 11) is 1.76. The molecule has 0 aromatic heterocycles. The first-order chi connectivity index (χ1) is 14.5. The van der Waals surface area contributed by atoms with Crippen molar-refractivity contribution in [2.45, 2.75) is 0 Å². The molecule has 1 aliphatic heterocycles. The standard InChI is InChI=1S/C23H25FN4O2/c1-26-21(17-5-3-2-4-6-17)15-20(25)23(30)28-13-11-27(12-14-28)16-22(29)18-7-9-19(24)10-8-18/h2-10,15,25-26H,11-14,16H2,1H3/b21-15-,25-20?. The maximum absolute atomic E-state index is 13.0. The molecule has 0 saturated carbocycles. The molecule has 0 radical (unpaired) electrons. The van der Waals surface area contributed by atoms with E-state index in [0.717, 1.165) is 5.56 Å². The van der Waals surface area contributed by atoms with Crippen LogP contribution in [0.15, 0.2) is 60.7 Å². The first-order valence-corrected chi connectivity index (χ1v) is 9.81. The average Bonchev–Trinajstić information content (AvgIpc) is 2.78. The number of ketones is 1. The van der Waals surface area contributed by atoms with E-state index in [4.69, 9.17) is 5.41 Å². The van der Waals surface area contributed by atoms with Gasteiger partial charge < -0.3 is 10.2 Å². The van der Waals surface area contributed by atoms with Gasteiger partial charge in [0.1, 0.15) is 11.5 Å². The summed E-state index contributed by atoms with van der Waals surface area (Å²) in [5.41, 5.74) is 2.00. The van der Waals surface area contributed by atoms with Crippen LogP contribution in [0, 0.1) is 11.2 Å². The van der Waals surface area contributed by atoms with Gasteiger partial charge in [0.15, 0.2) is 5.78 Å². The van der Waals surface area contributed by atoms with E-state index < -0.39 is 0 Å². The Hall–Kier alpha value is -3.32. The molecule has 1 saturated heterocycles. The van der Waals surface area contributed by atoms with Gasteiger partial charge in [-0.1, -0.05) is 30.3 Å².